The van der Waals surface area contributed by atoms with E-state index in [0.717, 1.165) is 22.2 Å². The van der Waals surface area contributed by atoms with E-state index in [1.165, 1.54) is 23.9 Å². The Morgan fingerprint density at radius 3 is 2.79 bits per heavy atom. The van der Waals surface area contributed by atoms with Crippen LogP contribution in [0.2, 0.25) is 0 Å². The number of thioether (sulfide) groups is 1. The number of carbonyl (C=O) groups is 1. The molecule has 0 saturated carbocycles. The zero-order valence-electron chi connectivity index (χ0n) is 18.2. The molecule has 0 saturated heterocycles. The Morgan fingerprint density at radius 1 is 1.09 bits per heavy atom. The number of amides is 1. The normalized spacial score (nSPS) is 11.0. The summed E-state index contributed by atoms with van der Waals surface area (Å²) >= 11 is 1.24. The highest BCUT2D eigenvalue weighted by Gasteiger charge is 2.20. The van der Waals surface area contributed by atoms with Gasteiger partial charge in [0.1, 0.15) is 11.6 Å². The first kappa shape index (κ1) is 21.7. The molecule has 5 aromatic rings. The molecule has 1 amide bonds. The molecule has 3 aromatic carbocycles. The zero-order valence-corrected chi connectivity index (χ0v) is 19.0. The van der Waals surface area contributed by atoms with Gasteiger partial charge in [-0.25, -0.2) is 4.39 Å². The standard InChI is InChI=1S/C25H20FN5O2S/c1-33-19-9-5-8-18(13-19)31-24(21-14-27-22-11-3-2-10-20(21)22)29-30-25(31)34-15-23(32)28-17-7-4-6-16(26)12-17/h2-14,27H,15H2,1H3,(H,28,32). The fourth-order valence-corrected chi connectivity index (χ4v) is 4.42. The van der Waals surface area contributed by atoms with E-state index >= 15 is 0 Å². The van der Waals surface area contributed by atoms with E-state index < -0.39 is 5.82 Å². The first-order valence-corrected chi connectivity index (χ1v) is 11.5. The predicted octanol–water partition coefficient (Wildman–Crippen LogP) is 5.29. The third-order valence-electron chi connectivity index (χ3n) is 5.22. The van der Waals surface area contributed by atoms with Gasteiger partial charge in [0.2, 0.25) is 5.91 Å². The van der Waals surface area contributed by atoms with Crippen molar-refractivity contribution in [2.24, 2.45) is 0 Å². The molecule has 0 unspecified atom stereocenters. The van der Waals surface area contributed by atoms with Crippen LogP contribution < -0.4 is 10.1 Å². The number of para-hydroxylation sites is 1. The van der Waals surface area contributed by atoms with Crippen LogP contribution in [0.25, 0.3) is 28.0 Å². The molecule has 0 radical (unpaired) electrons. The molecule has 0 atom stereocenters. The van der Waals surface area contributed by atoms with Crippen LogP contribution in [0, 0.1) is 5.82 Å². The highest BCUT2D eigenvalue weighted by Crippen LogP contribution is 2.33. The molecule has 0 spiro atoms. The van der Waals surface area contributed by atoms with Crippen LogP contribution in [0.4, 0.5) is 10.1 Å². The number of rotatable bonds is 7. The van der Waals surface area contributed by atoms with Crippen molar-refractivity contribution in [2.75, 3.05) is 18.2 Å². The number of benzene rings is 3. The van der Waals surface area contributed by atoms with Gasteiger partial charge >= 0.3 is 0 Å². The Balaban J connectivity index is 1.49. The maximum Gasteiger partial charge on any atom is 0.234 e. The van der Waals surface area contributed by atoms with Gasteiger partial charge in [-0.2, -0.15) is 0 Å². The Hall–Kier alpha value is -4.11. The maximum atomic E-state index is 13.4. The van der Waals surface area contributed by atoms with Crippen LogP contribution in [0.1, 0.15) is 0 Å². The molecule has 34 heavy (non-hydrogen) atoms. The third-order valence-corrected chi connectivity index (χ3v) is 6.14. The van der Waals surface area contributed by atoms with Gasteiger partial charge in [0, 0.05) is 34.4 Å². The summed E-state index contributed by atoms with van der Waals surface area (Å²) in [5, 5.41) is 13.1. The molecule has 7 nitrogen and oxygen atoms in total. The predicted molar refractivity (Wildman–Crippen MR) is 131 cm³/mol. The molecule has 170 valence electrons. The minimum Gasteiger partial charge on any atom is -0.497 e. The van der Waals surface area contributed by atoms with Crippen LogP contribution in [-0.4, -0.2) is 38.5 Å². The quantitative estimate of drug-likeness (QED) is 0.314. The second-order valence-electron chi connectivity index (χ2n) is 7.44. The van der Waals surface area contributed by atoms with Gasteiger partial charge in [0.25, 0.3) is 0 Å². The van der Waals surface area contributed by atoms with Gasteiger partial charge in [-0.3, -0.25) is 9.36 Å². The van der Waals surface area contributed by atoms with E-state index in [-0.39, 0.29) is 11.7 Å². The van der Waals surface area contributed by atoms with Crippen molar-refractivity contribution in [2.45, 2.75) is 5.16 Å². The molecule has 0 fully saturated rings. The summed E-state index contributed by atoms with van der Waals surface area (Å²) in [6.45, 7) is 0. The summed E-state index contributed by atoms with van der Waals surface area (Å²) in [5.41, 5.74) is 3.08. The molecule has 9 heteroatoms. The third kappa shape index (κ3) is 4.38. The second-order valence-corrected chi connectivity index (χ2v) is 8.38. The van der Waals surface area contributed by atoms with Crippen molar-refractivity contribution in [3.05, 3.63) is 84.8 Å². The molecule has 2 aromatic heterocycles. The number of anilines is 1. The number of halogens is 1. The topological polar surface area (TPSA) is 84.8 Å². The fraction of sp³-hybridized carbons (Fsp3) is 0.0800. The summed E-state index contributed by atoms with van der Waals surface area (Å²) in [6.07, 6.45) is 1.90. The SMILES string of the molecule is COc1cccc(-n2c(SCC(=O)Nc3cccc(F)c3)nnc2-c2c[nH]c3ccccc23)c1. The lowest BCUT2D eigenvalue weighted by atomic mass is 10.1. The molecule has 0 aliphatic rings. The lowest BCUT2D eigenvalue weighted by molar-refractivity contribution is -0.113. The minimum absolute atomic E-state index is 0.0759. The van der Waals surface area contributed by atoms with E-state index in [4.69, 9.17) is 4.74 Å². The highest BCUT2D eigenvalue weighted by molar-refractivity contribution is 7.99. The van der Waals surface area contributed by atoms with Crippen LogP contribution in [0.15, 0.2) is 84.1 Å². The Kier molecular flexibility index (Phi) is 6.01. The Labute approximate surface area is 199 Å². The number of fused-ring (bicyclic) bond motifs is 1. The van der Waals surface area contributed by atoms with E-state index in [9.17, 15) is 9.18 Å². The zero-order chi connectivity index (χ0) is 23.5. The van der Waals surface area contributed by atoms with Crippen LogP contribution in [0.5, 0.6) is 5.75 Å². The van der Waals surface area contributed by atoms with E-state index in [1.807, 2.05) is 59.3 Å². The highest BCUT2D eigenvalue weighted by atomic mass is 32.2. The van der Waals surface area contributed by atoms with Gasteiger partial charge in [0.05, 0.1) is 18.6 Å². The van der Waals surface area contributed by atoms with Crippen molar-refractivity contribution in [1.82, 2.24) is 19.7 Å². The minimum atomic E-state index is -0.411. The molecular weight excluding hydrogens is 453 g/mol. The molecule has 0 bridgehead atoms. The van der Waals surface area contributed by atoms with Crippen molar-refractivity contribution >= 4 is 34.3 Å². The monoisotopic (exact) mass is 473 g/mol. The molecule has 2 N–H and O–H groups in total. The van der Waals surface area contributed by atoms with Crippen molar-refractivity contribution in [1.29, 1.82) is 0 Å². The summed E-state index contributed by atoms with van der Waals surface area (Å²) in [6, 6.07) is 21.3. The number of hydrogen-bond acceptors (Lipinski definition) is 5. The lowest BCUT2D eigenvalue weighted by Gasteiger charge is -2.11. The number of methoxy groups -OCH3 is 1. The maximum absolute atomic E-state index is 13.4. The van der Waals surface area contributed by atoms with E-state index in [0.29, 0.717) is 22.4 Å². The Morgan fingerprint density at radius 2 is 1.94 bits per heavy atom. The number of nitrogens with one attached hydrogen (secondary N) is 2. The number of H-pyrrole nitrogens is 1. The second kappa shape index (κ2) is 9.40. The average molecular weight is 474 g/mol. The van der Waals surface area contributed by atoms with Crippen LogP contribution in [0.3, 0.4) is 0 Å². The molecule has 0 aliphatic heterocycles. The molecule has 2 heterocycles. The van der Waals surface area contributed by atoms with Gasteiger partial charge in [-0.15, -0.1) is 10.2 Å². The van der Waals surface area contributed by atoms with Crippen LogP contribution in [-0.2, 0) is 4.79 Å². The summed E-state index contributed by atoms with van der Waals surface area (Å²) in [5.74, 6) is 0.720. The van der Waals surface area contributed by atoms with Gasteiger partial charge < -0.3 is 15.0 Å². The lowest BCUT2D eigenvalue weighted by Crippen LogP contribution is -2.14. The molecule has 5 rings (SSSR count). The number of aromatic amines is 1. The first-order chi connectivity index (χ1) is 16.6. The summed E-state index contributed by atoms with van der Waals surface area (Å²) in [4.78, 5) is 15.8. The van der Waals surface area contributed by atoms with E-state index in [2.05, 4.69) is 20.5 Å². The first-order valence-electron chi connectivity index (χ1n) is 10.5. The average Bonchev–Trinajstić information content (AvgIpc) is 3.47. The van der Waals surface area contributed by atoms with Crippen LogP contribution >= 0.6 is 11.8 Å². The number of carbonyl (C=O) groups excluding carboxylic acids is 1. The number of nitrogens with zero attached hydrogens (tertiary/aromatic N) is 3. The molecular formula is C25H20FN5O2S. The smallest absolute Gasteiger partial charge is 0.234 e. The van der Waals surface area contributed by atoms with Gasteiger partial charge in [-0.1, -0.05) is 42.1 Å². The number of aromatic nitrogens is 4. The van der Waals surface area contributed by atoms with Crippen molar-refractivity contribution in [3.63, 3.8) is 0 Å². The number of hydrogen-bond donors (Lipinski definition) is 2. The number of ether oxygens (including phenoxy) is 1. The summed E-state index contributed by atoms with van der Waals surface area (Å²) in [7, 11) is 1.61. The van der Waals surface area contributed by atoms with Gasteiger partial charge in [-0.05, 0) is 36.4 Å². The fourth-order valence-electron chi connectivity index (χ4n) is 3.67. The van der Waals surface area contributed by atoms with Gasteiger partial charge in [0.15, 0.2) is 11.0 Å². The van der Waals surface area contributed by atoms with E-state index in [1.54, 1.807) is 19.2 Å². The van der Waals surface area contributed by atoms with Crippen molar-refractivity contribution < 1.29 is 13.9 Å². The molecule has 0 aliphatic carbocycles. The largest absolute Gasteiger partial charge is 0.497 e. The van der Waals surface area contributed by atoms with Crippen molar-refractivity contribution in [3.8, 4) is 22.8 Å². The summed E-state index contributed by atoms with van der Waals surface area (Å²) < 4.78 is 20.7. The Bertz CT molecular complexity index is 1480.